The van der Waals surface area contributed by atoms with E-state index in [1.165, 1.54) is 12.8 Å². The molecule has 1 aliphatic carbocycles. The molecule has 1 saturated carbocycles. The molecule has 1 aliphatic heterocycles. The monoisotopic (exact) mass is 254 g/mol. The zero-order chi connectivity index (χ0) is 13.3. The van der Waals surface area contributed by atoms with Crippen molar-refractivity contribution in [1.29, 1.82) is 0 Å². The molecule has 2 aliphatic rings. The van der Waals surface area contributed by atoms with Crippen LogP contribution < -0.4 is 11.1 Å². The third kappa shape index (κ3) is 2.41. The average molecular weight is 254 g/mol. The van der Waals surface area contributed by atoms with Gasteiger partial charge in [0.25, 0.3) is 0 Å². The van der Waals surface area contributed by atoms with Crippen molar-refractivity contribution in [3.63, 3.8) is 0 Å². The number of ether oxygens (including phenoxy) is 1. The van der Waals surface area contributed by atoms with Crippen LogP contribution in [0.3, 0.4) is 0 Å². The number of hydrogen-bond acceptors (Lipinski definition) is 3. The summed E-state index contributed by atoms with van der Waals surface area (Å²) in [6.45, 7) is 7.35. The number of nitrogens with one attached hydrogen (secondary N) is 1. The highest BCUT2D eigenvalue weighted by Gasteiger charge is 2.45. The lowest BCUT2D eigenvalue weighted by Crippen LogP contribution is -2.54. The second kappa shape index (κ2) is 5.17. The van der Waals surface area contributed by atoms with Crippen molar-refractivity contribution in [2.75, 3.05) is 13.2 Å². The highest BCUT2D eigenvalue weighted by atomic mass is 16.5. The van der Waals surface area contributed by atoms with E-state index in [0.29, 0.717) is 31.1 Å². The van der Waals surface area contributed by atoms with Gasteiger partial charge in [-0.15, -0.1) is 0 Å². The summed E-state index contributed by atoms with van der Waals surface area (Å²) in [4.78, 5) is 12.4. The number of carbonyl (C=O) groups is 1. The van der Waals surface area contributed by atoms with Gasteiger partial charge in [-0.05, 0) is 25.2 Å². The van der Waals surface area contributed by atoms with E-state index in [1.807, 2.05) is 6.92 Å². The van der Waals surface area contributed by atoms with Crippen LogP contribution in [-0.2, 0) is 9.53 Å². The van der Waals surface area contributed by atoms with Gasteiger partial charge in [0.2, 0.25) is 5.91 Å². The Balaban J connectivity index is 1.98. The molecule has 0 aromatic rings. The van der Waals surface area contributed by atoms with Crippen LogP contribution in [0.5, 0.6) is 0 Å². The maximum absolute atomic E-state index is 12.4. The molecule has 0 bridgehead atoms. The Labute approximate surface area is 110 Å². The maximum atomic E-state index is 12.4. The molecule has 2 fully saturated rings. The minimum absolute atomic E-state index is 0.0680. The highest BCUT2D eigenvalue weighted by molar-refractivity contribution is 5.83. The van der Waals surface area contributed by atoms with Crippen LogP contribution in [0, 0.1) is 17.3 Å². The fourth-order valence-electron chi connectivity index (χ4n) is 3.04. The third-order valence-electron chi connectivity index (χ3n) is 5.06. The van der Waals surface area contributed by atoms with Crippen molar-refractivity contribution in [1.82, 2.24) is 5.32 Å². The Morgan fingerprint density at radius 1 is 1.39 bits per heavy atom. The SMILES string of the molecule is CC1CCCC(NC(=O)C2(C)COCC2N)C1C. The Kier molecular flexibility index (Phi) is 3.97. The Hall–Kier alpha value is -0.610. The van der Waals surface area contributed by atoms with Gasteiger partial charge in [0.05, 0.1) is 18.6 Å². The molecular formula is C14H26N2O2. The highest BCUT2D eigenvalue weighted by Crippen LogP contribution is 2.32. The van der Waals surface area contributed by atoms with E-state index in [0.717, 1.165) is 6.42 Å². The van der Waals surface area contributed by atoms with E-state index < -0.39 is 5.41 Å². The van der Waals surface area contributed by atoms with Crippen LogP contribution in [-0.4, -0.2) is 31.2 Å². The number of amides is 1. The lowest BCUT2D eigenvalue weighted by Gasteiger charge is -2.37. The molecule has 0 spiro atoms. The molecule has 1 amide bonds. The van der Waals surface area contributed by atoms with E-state index >= 15 is 0 Å². The summed E-state index contributed by atoms with van der Waals surface area (Å²) < 4.78 is 5.34. The van der Waals surface area contributed by atoms with E-state index in [4.69, 9.17) is 10.5 Å². The van der Waals surface area contributed by atoms with Crippen molar-refractivity contribution in [3.05, 3.63) is 0 Å². The fraction of sp³-hybridized carbons (Fsp3) is 0.929. The predicted octanol–water partition coefficient (Wildman–Crippen LogP) is 1.29. The fourth-order valence-corrected chi connectivity index (χ4v) is 3.04. The van der Waals surface area contributed by atoms with E-state index in [2.05, 4.69) is 19.2 Å². The van der Waals surface area contributed by atoms with Crippen LogP contribution in [0.2, 0.25) is 0 Å². The molecule has 0 aromatic carbocycles. The zero-order valence-electron chi connectivity index (χ0n) is 11.7. The van der Waals surface area contributed by atoms with Crippen molar-refractivity contribution in [2.45, 2.75) is 52.1 Å². The first-order valence-corrected chi connectivity index (χ1v) is 7.09. The molecule has 2 rings (SSSR count). The van der Waals surface area contributed by atoms with Crippen LogP contribution in [0.1, 0.15) is 40.0 Å². The summed E-state index contributed by atoms with van der Waals surface area (Å²) >= 11 is 0. The second-order valence-corrected chi connectivity index (χ2v) is 6.39. The van der Waals surface area contributed by atoms with Crippen LogP contribution in [0.25, 0.3) is 0 Å². The van der Waals surface area contributed by atoms with Gasteiger partial charge in [0, 0.05) is 12.1 Å². The van der Waals surface area contributed by atoms with Gasteiger partial charge in [-0.25, -0.2) is 0 Å². The van der Waals surface area contributed by atoms with Crippen LogP contribution in [0.4, 0.5) is 0 Å². The minimum Gasteiger partial charge on any atom is -0.379 e. The first kappa shape index (κ1) is 13.8. The lowest BCUT2D eigenvalue weighted by molar-refractivity contribution is -0.132. The van der Waals surface area contributed by atoms with Crippen molar-refractivity contribution < 1.29 is 9.53 Å². The summed E-state index contributed by atoms with van der Waals surface area (Å²) in [7, 11) is 0. The molecule has 1 saturated heterocycles. The molecule has 4 nitrogen and oxygen atoms in total. The topological polar surface area (TPSA) is 64.3 Å². The van der Waals surface area contributed by atoms with Crippen molar-refractivity contribution in [2.24, 2.45) is 23.0 Å². The zero-order valence-corrected chi connectivity index (χ0v) is 11.7. The minimum atomic E-state index is -0.555. The summed E-state index contributed by atoms with van der Waals surface area (Å²) in [5.41, 5.74) is 5.44. The van der Waals surface area contributed by atoms with Crippen LogP contribution in [0.15, 0.2) is 0 Å². The summed E-state index contributed by atoms with van der Waals surface area (Å²) in [6, 6.07) is 0.111. The standard InChI is InChI=1S/C14H26N2O2/c1-9-5-4-6-11(10(9)2)16-13(17)14(3)8-18-7-12(14)15/h9-12H,4-8,15H2,1-3H3,(H,16,17). The van der Waals surface area contributed by atoms with Crippen molar-refractivity contribution in [3.8, 4) is 0 Å². The summed E-state index contributed by atoms with van der Waals surface area (Å²) in [5.74, 6) is 1.30. The summed E-state index contributed by atoms with van der Waals surface area (Å²) in [5, 5.41) is 3.21. The Morgan fingerprint density at radius 2 is 2.11 bits per heavy atom. The molecule has 18 heavy (non-hydrogen) atoms. The van der Waals surface area contributed by atoms with Gasteiger partial charge in [-0.1, -0.05) is 26.7 Å². The maximum Gasteiger partial charge on any atom is 0.230 e. The number of hydrogen-bond donors (Lipinski definition) is 2. The van der Waals surface area contributed by atoms with Gasteiger partial charge in [-0.3, -0.25) is 4.79 Å². The smallest absolute Gasteiger partial charge is 0.230 e. The predicted molar refractivity (Wildman–Crippen MR) is 71.0 cm³/mol. The first-order chi connectivity index (χ1) is 8.45. The van der Waals surface area contributed by atoms with Gasteiger partial charge >= 0.3 is 0 Å². The Morgan fingerprint density at radius 3 is 2.72 bits per heavy atom. The lowest BCUT2D eigenvalue weighted by atomic mass is 9.77. The van der Waals surface area contributed by atoms with Gasteiger partial charge in [-0.2, -0.15) is 0 Å². The largest absolute Gasteiger partial charge is 0.379 e. The normalized spacial score (nSPS) is 44.9. The average Bonchev–Trinajstić information content (AvgIpc) is 2.67. The number of rotatable bonds is 2. The Bertz CT molecular complexity index is 321. The van der Waals surface area contributed by atoms with Crippen molar-refractivity contribution >= 4 is 5.91 Å². The molecule has 104 valence electrons. The molecule has 5 unspecified atom stereocenters. The van der Waals surface area contributed by atoms with Gasteiger partial charge < -0.3 is 15.8 Å². The molecule has 1 heterocycles. The van der Waals surface area contributed by atoms with E-state index in [-0.39, 0.29) is 11.9 Å². The molecule has 5 atom stereocenters. The van der Waals surface area contributed by atoms with Gasteiger partial charge in [0.1, 0.15) is 0 Å². The summed E-state index contributed by atoms with van der Waals surface area (Å²) in [6.07, 6.45) is 3.56. The third-order valence-corrected chi connectivity index (χ3v) is 5.06. The van der Waals surface area contributed by atoms with E-state index in [9.17, 15) is 4.79 Å². The van der Waals surface area contributed by atoms with Crippen LogP contribution >= 0.6 is 0 Å². The quantitative estimate of drug-likeness (QED) is 0.780. The molecular weight excluding hydrogens is 228 g/mol. The first-order valence-electron chi connectivity index (χ1n) is 7.09. The van der Waals surface area contributed by atoms with Gasteiger partial charge in [0.15, 0.2) is 0 Å². The second-order valence-electron chi connectivity index (χ2n) is 6.39. The number of carbonyl (C=O) groups excluding carboxylic acids is 1. The molecule has 3 N–H and O–H groups in total. The van der Waals surface area contributed by atoms with E-state index in [1.54, 1.807) is 0 Å². The molecule has 0 radical (unpaired) electrons. The number of nitrogens with two attached hydrogens (primary N) is 1. The molecule has 0 aromatic heterocycles. The molecule has 4 heteroatoms.